The fraction of sp³-hybridized carbons (Fsp3) is 0.583. The minimum absolute atomic E-state index is 0.0819. The molecule has 0 saturated heterocycles. The molecule has 1 aromatic heterocycles. The molecule has 1 aliphatic carbocycles. The largest absolute Gasteiger partial charge is 0.396 e. The highest BCUT2D eigenvalue weighted by Crippen LogP contribution is 2.30. The first-order valence-electron chi connectivity index (χ1n) is 6.02. The van der Waals surface area contributed by atoms with Gasteiger partial charge in [-0.25, -0.2) is 0 Å². The molecule has 0 amide bonds. The van der Waals surface area contributed by atoms with Crippen molar-refractivity contribution in [3.63, 3.8) is 0 Å². The molecule has 0 aliphatic heterocycles. The van der Waals surface area contributed by atoms with Gasteiger partial charge >= 0.3 is 0 Å². The van der Waals surface area contributed by atoms with Crippen LogP contribution in [0, 0.1) is 0 Å². The van der Waals surface area contributed by atoms with Crippen molar-refractivity contribution in [3.05, 3.63) is 16.9 Å². The predicted molar refractivity (Wildman–Crippen MR) is 72.9 cm³/mol. The highest BCUT2D eigenvalue weighted by molar-refractivity contribution is 9.10. The molecule has 0 bridgehead atoms. The smallest absolute Gasteiger partial charge is 0.0753 e. The van der Waals surface area contributed by atoms with Crippen LogP contribution < -0.4 is 11.1 Å². The van der Waals surface area contributed by atoms with Gasteiger partial charge in [0.25, 0.3) is 0 Å². The van der Waals surface area contributed by atoms with E-state index in [-0.39, 0.29) is 12.1 Å². The van der Waals surface area contributed by atoms with Crippen LogP contribution in [0.3, 0.4) is 0 Å². The van der Waals surface area contributed by atoms with Crippen LogP contribution >= 0.6 is 15.9 Å². The van der Waals surface area contributed by atoms with E-state index in [4.69, 9.17) is 5.73 Å². The predicted octanol–water partition coefficient (Wildman–Crippen LogP) is 2.53. The van der Waals surface area contributed by atoms with Gasteiger partial charge in [0.1, 0.15) is 0 Å². The van der Waals surface area contributed by atoms with E-state index in [2.05, 4.69) is 26.2 Å². The van der Waals surface area contributed by atoms with E-state index in [0.29, 0.717) is 5.69 Å². The van der Waals surface area contributed by atoms with E-state index >= 15 is 0 Å². The summed E-state index contributed by atoms with van der Waals surface area (Å²) in [4.78, 5) is 4.00. The van der Waals surface area contributed by atoms with Crippen LogP contribution in [0.4, 0.5) is 11.4 Å². The molecule has 1 aliphatic rings. The summed E-state index contributed by atoms with van der Waals surface area (Å²) < 4.78 is 0.842. The molecule has 4 N–H and O–H groups in total. The molecule has 1 fully saturated rings. The second kappa shape index (κ2) is 5.69. The molecule has 0 radical (unpaired) electrons. The topological polar surface area (TPSA) is 71.2 Å². The van der Waals surface area contributed by atoms with Crippen molar-refractivity contribution in [2.75, 3.05) is 11.1 Å². The summed E-state index contributed by atoms with van der Waals surface area (Å²) in [5.41, 5.74) is 7.33. The third-order valence-electron chi connectivity index (χ3n) is 3.24. The molecule has 4 nitrogen and oxygen atoms in total. The molecule has 5 heteroatoms. The summed E-state index contributed by atoms with van der Waals surface area (Å²) in [6.07, 6.45) is 8.33. The third-order valence-corrected chi connectivity index (χ3v) is 3.84. The molecule has 94 valence electrons. The molecule has 0 spiro atoms. The van der Waals surface area contributed by atoms with E-state index < -0.39 is 0 Å². The van der Waals surface area contributed by atoms with Crippen molar-refractivity contribution >= 4 is 27.3 Å². The van der Waals surface area contributed by atoms with Gasteiger partial charge in [-0.15, -0.1) is 0 Å². The SMILES string of the molecule is Nc1cncc(Br)c1NC1CCCCCC1O. The first kappa shape index (κ1) is 12.6. The van der Waals surface area contributed by atoms with Crippen LogP contribution in [-0.2, 0) is 0 Å². The Kier molecular flexibility index (Phi) is 4.23. The van der Waals surface area contributed by atoms with Crippen molar-refractivity contribution in [1.29, 1.82) is 0 Å². The van der Waals surface area contributed by atoms with Gasteiger partial charge in [0.2, 0.25) is 0 Å². The number of rotatable bonds is 2. The number of anilines is 2. The second-order valence-corrected chi connectivity index (χ2v) is 5.40. The first-order chi connectivity index (χ1) is 8.18. The number of aliphatic hydroxyl groups excluding tert-OH is 1. The lowest BCUT2D eigenvalue weighted by atomic mass is 10.1. The molecule has 1 saturated carbocycles. The first-order valence-corrected chi connectivity index (χ1v) is 6.81. The summed E-state index contributed by atoms with van der Waals surface area (Å²) in [6, 6.07) is 0.0819. The molecule has 2 atom stereocenters. The highest BCUT2D eigenvalue weighted by Gasteiger charge is 2.22. The fourth-order valence-corrected chi connectivity index (χ4v) is 2.71. The van der Waals surface area contributed by atoms with Crippen molar-refractivity contribution in [3.8, 4) is 0 Å². The van der Waals surface area contributed by atoms with Crippen molar-refractivity contribution in [2.45, 2.75) is 44.2 Å². The van der Waals surface area contributed by atoms with Crippen LogP contribution in [0.5, 0.6) is 0 Å². The number of halogens is 1. The normalized spacial score (nSPS) is 25.3. The molecule has 1 heterocycles. The van der Waals surface area contributed by atoms with E-state index in [1.54, 1.807) is 12.4 Å². The number of nitrogens with two attached hydrogens (primary N) is 1. The summed E-state index contributed by atoms with van der Waals surface area (Å²) in [6.45, 7) is 0. The second-order valence-electron chi connectivity index (χ2n) is 4.54. The number of nitrogens with zero attached hydrogens (tertiary/aromatic N) is 1. The lowest BCUT2D eigenvalue weighted by Gasteiger charge is -2.24. The Hall–Kier alpha value is -0.810. The van der Waals surface area contributed by atoms with Gasteiger partial charge in [0.05, 0.1) is 34.2 Å². The Bertz CT molecular complexity index is 366. The zero-order valence-electron chi connectivity index (χ0n) is 9.69. The maximum Gasteiger partial charge on any atom is 0.0753 e. The van der Waals surface area contributed by atoms with Crippen LogP contribution in [0.1, 0.15) is 32.1 Å². The van der Waals surface area contributed by atoms with Crippen LogP contribution in [0.15, 0.2) is 16.9 Å². The maximum atomic E-state index is 10.1. The minimum Gasteiger partial charge on any atom is -0.396 e. The van der Waals surface area contributed by atoms with Crippen LogP contribution in [-0.4, -0.2) is 22.2 Å². The van der Waals surface area contributed by atoms with Gasteiger partial charge in [0.15, 0.2) is 0 Å². The highest BCUT2D eigenvalue weighted by atomic mass is 79.9. The Labute approximate surface area is 110 Å². The average molecular weight is 300 g/mol. The Morgan fingerprint density at radius 2 is 2.06 bits per heavy atom. The zero-order valence-corrected chi connectivity index (χ0v) is 11.3. The summed E-state index contributed by atoms with van der Waals surface area (Å²) >= 11 is 3.43. The summed E-state index contributed by atoms with van der Waals surface area (Å²) in [5.74, 6) is 0. The van der Waals surface area contributed by atoms with Gasteiger partial charge in [-0.1, -0.05) is 19.3 Å². The molecular weight excluding hydrogens is 282 g/mol. The Morgan fingerprint density at radius 3 is 2.82 bits per heavy atom. The van der Waals surface area contributed by atoms with Gasteiger partial charge in [-0.05, 0) is 28.8 Å². The van der Waals surface area contributed by atoms with Crippen molar-refractivity contribution in [1.82, 2.24) is 4.98 Å². The molecular formula is C12H18BrN3O. The Morgan fingerprint density at radius 1 is 1.29 bits per heavy atom. The molecule has 1 aromatic rings. The van der Waals surface area contributed by atoms with Crippen molar-refractivity contribution < 1.29 is 5.11 Å². The zero-order chi connectivity index (χ0) is 12.3. The van der Waals surface area contributed by atoms with E-state index in [1.165, 1.54) is 6.42 Å². The Balaban J connectivity index is 2.13. The van der Waals surface area contributed by atoms with Crippen LogP contribution in [0.2, 0.25) is 0 Å². The third kappa shape index (κ3) is 3.10. The number of pyridine rings is 1. The standard InChI is InChI=1S/C12H18BrN3O/c13-8-6-15-7-9(14)12(8)16-10-4-2-1-3-5-11(10)17/h6-7,10-11,17H,1-5,14H2,(H,15,16). The summed E-state index contributed by atoms with van der Waals surface area (Å²) in [7, 11) is 0. The van der Waals surface area contributed by atoms with Crippen molar-refractivity contribution in [2.24, 2.45) is 0 Å². The average Bonchev–Trinajstić information content (AvgIpc) is 2.49. The monoisotopic (exact) mass is 299 g/mol. The summed E-state index contributed by atoms with van der Waals surface area (Å²) in [5, 5.41) is 13.4. The maximum absolute atomic E-state index is 10.1. The molecule has 17 heavy (non-hydrogen) atoms. The molecule has 2 unspecified atom stereocenters. The van der Waals surface area contributed by atoms with Gasteiger partial charge in [-0.3, -0.25) is 4.98 Å². The molecule has 0 aromatic carbocycles. The van der Waals surface area contributed by atoms with Gasteiger partial charge in [0, 0.05) is 6.20 Å². The lowest BCUT2D eigenvalue weighted by molar-refractivity contribution is 0.144. The number of hydrogen-bond acceptors (Lipinski definition) is 4. The number of nitrogen functional groups attached to an aromatic ring is 1. The van der Waals surface area contributed by atoms with Gasteiger partial charge < -0.3 is 16.2 Å². The van der Waals surface area contributed by atoms with Crippen LogP contribution in [0.25, 0.3) is 0 Å². The van der Waals surface area contributed by atoms with E-state index in [9.17, 15) is 5.11 Å². The molecule has 2 rings (SSSR count). The number of aromatic nitrogens is 1. The lowest BCUT2D eigenvalue weighted by Crippen LogP contribution is -2.32. The quantitative estimate of drug-likeness (QED) is 0.734. The van der Waals surface area contributed by atoms with Gasteiger partial charge in [-0.2, -0.15) is 0 Å². The fourth-order valence-electron chi connectivity index (χ4n) is 2.24. The number of nitrogens with one attached hydrogen (secondary N) is 1. The minimum atomic E-state index is -0.294. The van der Waals surface area contributed by atoms with E-state index in [1.807, 2.05) is 0 Å². The number of aliphatic hydroxyl groups is 1. The van der Waals surface area contributed by atoms with E-state index in [0.717, 1.165) is 35.8 Å². The number of hydrogen-bond donors (Lipinski definition) is 3.